The van der Waals surface area contributed by atoms with Crippen LogP contribution in [0.2, 0.25) is 0 Å². The second-order valence-corrected chi connectivity index (χ2v) is 9.04. The number of nitrogens with zero attached hydrogens (tertiary/aromatic N) is 3. The van der Waals surface area contributed by atoms with Gasteiger partial charge in [-0.15, -0.1) is 0 Å². The Kier molecular flexibility index (Phi) is 6.53. The quantitative estimate of drug-likeness (QED) is 0.297. The van der Waals surface area contributed by atoms with Crippen LogP contribution < -0.4 is 0 Å². The number of aromatic amines is 1. The van der Waals surface area contributed by atoms with Crippen molar-refractivity contribution < 1.29 is 23.0 Å². The predicted molar refractivity (Wildman–Crippen MR) is 124 cm³/mol. The summed E-state index contributed by atoms with van der Waals surface area (Å²) in [4.78, 5) is 0. The Bertz CT molecular complexity index is 1270. The molecule has 1 saturated carbocycles. The van der Waals surface area contributed by atoms with Crippen LogP contribution in [0, 0.1) is 11.7 Å². The van der Waals surface area contributed by atoms with Crippen molar-refractivity contribution in [3.8, 4) is 5.69 Å². The van der Waals surface area contributed by atoms with Crippen LogP contribution in [0.4, 0.5) is 13.2 Å². The van der Waals surface area contributed by atoms with Gasteiger partial charge in [0.25, 0.3) is 6.43 Å². The molecule has 1 unspecified atom stereocenters. The summed E-state index contributed by atoms with van der Waals surface area (Å²) in [5.74, 6) is 0.161. The largest absolute Gasteiger partial charge is 0.380 e. The summed E-state index contributed by atoms with van der Waals surface area (Å²) in [6.07, 6.45) is -0.449. The van der Waals surface area contributed by atoms with E-state index < -0.39 is 30.1 Å². The van der Waals surface area contributed by atoms with Gasteiger partial charge in [-0.25, -0.2) is 17.9 Å². The highest BCUT2D eigenvalue weighted by atomic mass is 19.3. The van der Waals surface area contributed by atoms with E-state index in [-0.39, 0.29) is 5.69 Å². The van der Waals surface area contributed by atoms with Crippen molar-refractivity contribution in [2.45, 2.75) is 51.6 Å². The molecule has 4 aromatic rings. The smallest absolute Gasteiger partial charge is 0.282 e. The molecule has 2 aromatic carbocycles. The van der Waals surface area contributed by atoms with Gasteiger partial charge in [0.1, 0.15) is 17.6 Å². The zero-order chi connectivity index (χ0) is 24.5. The highest BCUT2D eigenvalue weighted by Gasteiger charge is 2.28. The Morgan fingerprint density at radius 3 is 2.57 bits per heavy atom. The SMILES string of the molecule is C[C@@H](OCc1ccccc1)c1cc(F)ccc1-n1nc(C(F)F)cc1C(O)c1cn(CC2CC2)[nH]1. The Balaban J connectivity index is 1.46. The van der Waals surface area contributed by atoms with Crippen molar-refractivity contribution in [1.82, 2.24) is 19.6 Å². The average molecular weight is 485 g/mol. The number of rotatable bonds is 10. The van der Waals surface area contributed by atoms with Crippen LogP contribution in [0.3, 0.4) is 0 Å². The van der Waals surface area contributed by atoms with E-state index in [1.807, 2.05) is 35.0 Å². The molecule has 0 saturated heterocycles. The van der Waals surface area contributed by atoms with Gasteiger partial charge >= 0.3 is 0 Å². The Morgan fingerprint density at radius 2 is 1.89 bits per heavy atom. The van der Waals surface area contributed by atoms with Crippen molar-refractivity contribution in [2.24, 2.45) is 5.92 Å². The predicted octanol–water partition coefficient (Wildman–Crippen LogP) is 5.85. The summed E-state index contributed by atoms with van der Waals surface area (Å²) < 4.78 is 50.6. The third kappa shape index (κ3) is 5.21. The van der Waals surface area contributed by atoms with Crippen molar-refractivity contribution >= 4 is 0 Å². The first kappa shape index (κ1) is 23.4. The number of hydrogen-bond donors (Lipinski definition) is 2. The Hall–Kier alpha value is -3.30. The van der Waals surface area contributed by atoms with Crippen LogP contribution in [0.25, 0.3) is 5.69 Å². The molecule has 0 radical (unpaired) electrons. The number of halogens is 3. The van der Waals surface area contributed by atoms with Crippen LogP contribution in [0.1, 0.15) is 66.6 Å². The summed E-state index contributed by atoms with van der Waals surface area (Å²) in [7, 11) is 0. The average Bonchev–Trinajstić information content (AvgIpc) is 3.54. The maximum Gasteiger partial charge on any atom is 0.282 e. The molecule has 0 bridgehead atoms. The fraction of sp³-hybridized carbons (Fsp3) is 0.346. The molecular weight excluding hydrogens is 457 g/mol. The molecule has 1 fully saturated rings. The van der Waals surface area contributed by atoms with E-state index in [9.17, 15) is 18.3 Å². The van der Waals surface area contributed by atoms with Crippen molar-refractivity contribution in [3.05, 3.63) is 94.8 Å². The van der Waals surface area contributed by atoms with Gasteiger partial charge < -0.3 is 9.84 Å². The van der Waals surface area contributed by atoms with Crippen molar-refractivity contribution in [1.29, 1.82) is 0 Å². The maximum absolute atomic E-state index is 14.2. The molecule has 184 valence electrons. The maximum atomic E-state index is 14.2. The number of aliphatic hydroxyl groups excluding tert-OH is 1. The molecule has 2 aromatic heterocycles. The monoisotopic (exact) mass is 484 g/mol. The van der Waals surface area contributed by atoms with Gasteiger partial charge in [0.2, 0.25) is 0 Å². The van der Waals surface area contributed by atoms with Gasteiger partial charge in [0.05, 0.1) is 29.8 Å². The highest BCUT2D eigenvalue weighted by molar-refractivity contribution is 5.45. The first-order valence-electron chi connectivity index (χ1n) is 11.7. The minimum Gasteiger partial charge on any atom is -0.380 e. The molecule has 2 atom stereocenters. The minimum atomic E-state index is -2.83. The molecule has 0 aliphatic heterocycles. The molecule has 2 N–H and O–H groups in total. The molecule has 6 nitrogen and oxygen atoms in total. The zero-order valence-electron chi connectivity index (χ0n) is 19.2. The molecular formula is C26H27F3N4O2. The number of benzene rings is 2. The number of hydrogen-bond acceptors (Lipinski definition) is 3. The lowest BCUT2D eigenvalue weighted by molar-refractivity contribution is 0.0522. The Morgan fingerprint density at radius 1 is 1.14 bits per heavy atom. The summed E-state index contributed by atoms with van der Waals surface area (Å²) in [6.45, 7) is 2.90. The Labute approximate surface area is 200 Å². The van der Waals surface area contributed by atoms with Gasteiger partial charge in [-0.05, 0) is 55.5 Å². The van der Waals surface area contributed by atoms with Gasteiger partial charge in [-0.2, -0.15) is 5.10 Å². The number of nitrogens with one attached hydrogen (secondary N) is 1. The van der Waals surface area contributed by atoms with Crippen LogP contribution in [0.5, 0.6) is 0 Å². The summed E-state index contributed by atoms with van der Waals surface area (Å²) >= 11 is 0. The minimum absolute atomic E-state index is 0.160. The summed E-state index contributed by atoms with van der Waals surface area (Å²) in [5.41, 5.74) is 1.93. The summed E-state index contributed by atoms with van der Waals surface area (Å²) in [6, 6.07) is 14.7. The van der Waals surface area contributed by atoms with Crippen LogP contribution in [-0.4, -0.2) is 24.7 Å². The summed E-state index contributed by atoms with van der Waals surface area (Å²) in [5, 5.41) is 18.2. The molecule has 0 spiro atoms. The normalized spacial score (nSPS) is 15.6. The van der Waals surface area contributed by atoms with Gasteiger partial charge in [-0.3, -0.25) is 9.78 Å². The topological polar surface area (TPSA) is 68.0 Å². The number of aromatic nitrogens is 4. The third-order valence-corrected chi connectivity index (χ3v) is 6.27. The number of alkyl halides is 2. The molecule has 1 aliphatic rings. The lowest BCUT2D eigenvalue weighted by Gasteiger charge is -2.22. The highest BCUT2D eigenvalue weighted by Crippen LogP contribution is 2.34. The third-order valence-electron chi connectivity index (χ3n) is 6.27. The molecule has 35 heavy (non-hydrogen) atoms. The van der Waals surface area contributed by atoms with Gasteiger partial charge in [0.15, 0.2) is 0 Å². The van der Waals surface area contributed by atoms with E-state index in [1.54, 1.807) is 13.1 Å². The fourth-order valence-corrected chi connectivity index (χ4v) is 4.13. The molecule has 5 rings (SSSR count). The number of aliphatic hydroxyl groups is 1. The van der Waals surface area contributed by atoms with E-state index in [0.717, 1.165) is 12.1 Å². The fourth-order valence-electron chi connectivity index (χ4n) is 4.13. The van der Waals surface area contributed by atoms with E-state index in [4.69, 9.17) is 4.74 Å². The van der Waals surface area contributed by atoms with Crippen LogP contribution in [0.15, 0.2) is 60.8 Å². The standard InChI is InChI=1S/C26H27F3N4O2/c1-16(35-15-18-5-3-2-4-6-18)20-11-19(27)9-10-23(20)33-24(12-21(31-33)26(28)29)25(34)22-14-32(30-22)13-17-7-8-17/h2-6,9-12,14,16-17,25-26,30,34H,7-8,13,15H2,1H3/t16-,25?/m1/s1. The molecule has 0 amide bonds. The number of H-pyrrole nitrogens is 1. The second kappa shape index (κ2) is 9.75. The number of ether oxygens (including phenoxy) is 1. The van der Waals surface area contributed by atoms with Gasteiger partial charge in [0, 0.05) is 18.3 Å². The molecule has 2 heterocycles. The lowest BCUT2D eigenvalue weighted by Crippen LogP contribution is -2.20. The van der Waals surface area contributed by atoms with E-state index in [1.165, 1.54) is 41.8 Å². The van der Waals surface area contributed by atoms with Crippen LogP contribution >= 0.6 is 0 Å². The molecule has 9 heteroatoms. The van der Waals surface area contributed by atoms with E-state index >= 15 is 0 Å². The first-order valence-corrected chi connectivity index (χ1v) is 11.7. The van der Waals surface area contributed by atoms with E-state index in [0.29, 0.717) is 29.5 Å². The molecule has 1 aliphatic carbocycles. The van der Waals surface area contributed by atoms with E-state index in [2.05, 4.69) is 10.2 Å². The van der Waals surface area contributed by atoms with Crippen LogP contribution in [-0.2, 0) is 17.9 Å². The second-order valence-electron chi connectivity index (χ2n) is 9.04. The zero-order valence-corrected chi connectivity index (χ0v) is 19.2. The first-order chi connectivity index (χ1) is 16.9. The van der Waals surface area contributed by atoms with Crippen molar-refractivity contribution in [2.75, 3.05) is 0 Å². The van der Waals surface area contributed by atoms with Gasteiger partial charge in [-0.1, -0.05) is 30.3 Å². The lowest BCUT2D eigenvalue weighted by atomic mass is 10.1. The van der Waals surface area contributed by atoms with Crippen molar-refractivity contribution in [3.63, 3.8) is 0 Å².